The zero-order valence-corrected chi connectivity index (χ0v) is 11.1. The lowest BCUT2D eigenvalue weighted by atomic mass is 9.43. The summed E-state index contributed by atoms with van der Waals surface area (Å²) in [6.45, 7) is 4.80. The van der Waals surface area contributed by atoms with Gasteiger partial charge in [0.05, 0.1) is 5.68 Å². The van der Waals surface area contributed by atoms with Crippen LogP contribution in [0.5, 0.6) is 0 Å². The number of hydrogen-bond acceptors (Lipinski definition) is 1. The molecule has 1 rings (SSSR count). The molecule has 92 valence electrons. The van der Waals surface area contributed by atoms with Gasteiger partial charge in [-0.25, -0.2) is 0 Å². The minimum absolute atomic E-state index is 0.324. The van der Waals surface area contributed by atoms with Crippen molar-refractivity contribution >= 4 is 12.4 Å². The zero-order valence-electron chi connectivity index (χ0n) is 11.1. The van der Waals surface area contributed by atoms with Gasteiger partial charge in [0.25, 0.3) is 0 Å². The van der Waals surface area contributed by atoms with E-state index < -0.39 is 0 Å². The Morgan fingerprint density at radius 3 is 2.38 bits per heavy atom. The Hall–Kier alpha value is -0.265. The van der Waals surface area contributed by atoms with E-state index in [1.807, 2.05) is 0 Å². The normalized spacial score (nSPS) is 17.8. The van der Waals surface area contributed by atoms with Crippen LogP contribution in [0.25, 0.3) is 0 Å². The maximum absolute atomic E-state index is 12.1. The van der Waals surface area contributed by atoms with E-state index in [0.717, 1.165) is 6.42 Å². The van der Waals surface area contributed by atoms with E-state index in [1.165, 1.54) is 57.6 Å². The Morgan fingerprint density at radius 1 is 1.12 bits per heavy atom. The second-order valence-electron chi connectivity index (χ2n) is 5.49. The molecule has 0 N–H and O–H groups in total. The standard InChI is InChI=1S/C14H27BO/c1-3-4-5-6-7-10-13(2)14(16)15-11-8-9-12-15/h13H,3-12H2,1-2H3/t13-/m0/s1. The Balaban J connectivity index is 2.08. The Labute approximate surface area is 101 Å². The van der Waals surface area contributed by atoms with Crippen molar-refractivity contribution in [1.29, 1.82) is 0 Å². The fraction of sp³-hybridized carbons (Fsp3) is 0.929. The molecule has 0 aromatic heterocycles. The molecule has 0 radical (unpaired) electrons. The van der Waals surface area contributed by atoms with E-state index in [9.17, 15) is 4.79 Å². The molecular formula is C14H27BO. The van der Waals surface area contributed by atoms with E-state index in [0.29, 0.717) is 18.3 Å². The number of hydrogen-bond donors (Lipinski definition) is 0. The molecule has 1 aliphatic heterocycles. The summed E-state index contributed by atoms with van der Waals surface area (Å²) < 4.78 is 0. The van der Waals surface area contributed by atoms with Crippen LogP contribution in [0.1, 0.15) is 65.2 Å². The molecule has 0 amide bonds. The SMILES string of the molecule is CCCCCCC[C@H](C)C(=O)B1CCCC1. The lowest BCUT2D eigenvalue weighted by Gasteiger charge is -2.13. The number of rotatable bonds is 8. The van der Waals surface area contributed by atoms with Gasteiger partial charge in [0.2, 0.25) is 6.71 Å². The van der Waals surface area contributed by atoms with Crippen LogP contribution in [-0.2, 0) is 4.79 Å². The Kier molecular flexibility index (Phi) is 6.83. The first-order chi connectivity index (χ1) is 7.75. The van der Waals surface area contributed by atoms with Crippen LogP contribution < -0.4 is 0 Å². The third-order valence-corrected chi connectivity index (χ3v) is 3.98. The predicted molar refractivity (Wildman–Crippen MR) is 72.1 cm³/mol. The first-order valence-electron chi connectivity index (χ1n) is 7.29. The van der Waals surface area contributed by atoms with E-state index in [2.05, 4.69) is 13.8 Å². The maximum atomic E-state index is 12.1. The van der Waals surface area contributed by atoms with E-state index in [-0.39, 0.29) is 0 Å². The van der Waals surface area contributed by atoms with Crippen LogP contribution in [0.15, 0.2) is 0 Å². The quantitative estimate of drug-likeness (QED) is 0.440. The molecule has 1 nitrogen and oxygen atoms in total. The highest BCUT2D eigenvalue weighted by atomic mass is 16.1. The summed E-state index contributed by atoms with van der Waals surface area (Å²) in [7, 11) is 0. The third kappa shape index (κ3) is 4.72. The monoisotopic (exact) mass is 222 g/mol. The van der Waals surface area contributed by atoms with Gasteiger partial charge < -0.3 is 4.79 Å². The van der Waals surface area contributed by atoms with Crippen molar-refractivity contribution in [3.05, 3.63) is 0 Å². The molecule has 0 aliphatic carbocycles. The molecule has 0 aromatic rings. The molecule has 1 saturated heterocycles. The molecule has 1 atom stereocenters. The molecule has 0 unspecified atom stereocenters. The Morgan fingerprint density at radius 2 is 1.75 bits per heavy atom. The summed E-state index contributed by atoms with van der Waals surface area (Å²) in [5.74, 6) is 0.324. The average Bonchev–Trinajstić information content (AvgIpc) is 2.81. The summed E-state index contributed by atoms with van der Waals surface area (Å²) >= 11 is 0. The van der Waals surface area contributed by atoms with E-state index >= 15 is 0 Å². The van der Waals surface area contributed by atoms with E-state index in [4.69, 9.17) is 0 Å². The minimum atomic E-state index is 0.324. The van der Waals surface area contributed by atoms with Gasteiger partial charge in [-0.1, -0.05) is 71.4 Å². The van der Waals surface area contributed by atoms with Crippen molar-refractivity contribution in [3.8, 4) is 0 Å². The van der Waals surface area contributed by atoms with Crippen molar-refractivity contribution in [2.75, 3.05) is 0 Å². The van der Waals surface area contributed by atoms with Crippen molar-refractivity contribution in [1.82, 2.24) is 0 Å². The van der Waals surface area contributed by atoms with Gasteiger partial charge in [-0.15, -0.1) is 0 Å². The van der Waals surface area contributed by atoms with Crippen molar-refractivity contribution < 1.29 is 4.79 Å². The van der Waals surface area contributed by atoms with Crippen LogP contribution in [0.3, 0.4) is 0 Å². The topological polar surface area (TPSA) is 17.1 Å². The van der Waals surface area contributed by atoms with Crippen LogP contribution in [0.4, 0.5) is 0 Å². The van der Waals surface area contributed by atoms with Gasteiger partial charge in [0.15, 0.2) is 0 Å². The van der Waals surface area contributed by atoms with Gasteiger partial charge in [-0.05, 0) is 6.42 Å². The molecule has 0 aromatic carbocycles. The second kappa shape index (κ2) is 7.92. The summed E-state index contributed by atoms with van der Waals surface area (Å²) in [5.41, 5.74) is 0.563. The highest BCUT2D eigenvalue weighted by molar-refractivity contribution is 6.90. The second-order valence-corrected chi connectivity index (χ2v) is 5.49. The predicted octanol–water partition coefficient (Wildman–Crippen LogP) is 4.38. The van der Waals surface area contributed by atoms with Crippen molar-refractivity contribution in [2.45, 2.75) is 77.9 Å². The number of carbonyl (C=O) groups is 1. The van der Waals surface area contributed by atoms with Crippen LogP contribution in [0.2, 0.25) is 12.6 Å². The van der Waals surface area contributed by atoms with Gasteiger partial charge >= 0.3 is 0 Å². The fourth-order valence-electron chi connectivity index (χ4n) is 2.81. The number of unbranched alkanes of at least 4 members (excludes halogenated alkanes) is 4. The third-order valence-electron chi connectivity index (χ3n) is 3.98. The van der Waals surface area contributed by atoms with Crippen LogP contribution in [-0.4, -0.2) is 12.4 Å². The Bertz CT molecular complexity index is 197. The molecule has 1 aliphatic rings. The van der Waals surface area contributed by atoms with Crippen LogP contribution in [0, 0.1) is 5.92 Å². The highest BCUT2D eigenvalue weighted by Crippen LogP contribution is 2.24. The zero-order chi connectivity index (χ0) is 11.8. The van der Waals surface area contributed by atoms with Gasteiger partial charge in [0, 0.05) is 5.92 Å². The molecule has 0 saturated carbocycles. The minimum Gasteiger partial charge on any atom is -0.311 e. The summed E-state index contributed by atoms with van der Waals surface area (Å²) in [4.78, 5) is 12.1. The molecular weight excluding hydrogens is 195 g/mol. The van der Waals surface area contributed by atoms with Crippen LogP contribution >= 0.6 is 0 Å². The fourth-order valence-corrected chi connectivity index (χ4v) is 2.81. The molecule has 16 heavy (non-hydrogen) atoms. The van der Waals surface area contributed by atoms with Gasteiger partial charge in [0.1, 0.15) is 0 Å². The smallest absolute Gasteiger partial charge is 0.223 e. The molecule has 0 spiro atoms. The van der Waals surface area contributed by atoms with Gasteiger partial charge in [-0.2, -0.15) is 0 Å². The molecule has 1 heterocycles. The van der Waals surface area contributed by atoms with Crippen molar-refractivity contribution in [2.24, 2.45) is 5.92 Å². The first-order valence-corrected chi connectivity index (χ1v) is 7.29. The summed E-state index contributed by atoms with van der Waals surface area (Å²) in [6.07, 6.45) is 12.6. The maximum Gasteiger partial charge on any atom is 0.223 e. The van der Waals surface area contributed by atoms with Crippen molar-refractivity contribution in [3.63, 3.8) is 0 Å². The largest absolute Gasteiger partial charge is 0.311 e. The molecule has 1 fully saturated rings. The lowest BCUT2D eigenvalue weighted by molar-refractivity contribution is -0.115. The lowest BCUT2D eigenvalue weighted by Crippen LogP contribution is -2.28. The van der Waals surface area contributed by atoms with E-state index in [1.54, 1.807) is 0 Å². The highest BCUT2D eigenvalue weighted by Gasteiger charge is 2.29. The summed E-state index contributed by atoms with van der Waals surface area (Å²) in [5, 5.41) is 0. The summed E-state index contributed by atoms with van der Waals surface area (Å²) in [6, 6.07) is 0. The molecule has 0 bridgehead atoms. The van der Waals surface area contributed by atoms with Gasteiger partial charge in [-0.3, -0.25) is 0 Å². The first kappa shape index (κ1) is 13.8. The molecule has 2 heteroatoms. The average molecular weight is 222 g/mol. The number of carbonyl (C=O) groups excluding carboxylic acids is 1.